The van der Waals surface area contributed by atoms with E-state index in [-0.39, 0.29) is 30.3 Å². The number of piperazine rings is 1. The van der Waals surface area contributed by atoms with Crippen LogP contribution >= 0.6 is 0 Å². The number of ether oxygens (including phenoxy) is 1. The van der Waals surface area contributed by atoms with Gasteiger partial charge in [0.05, 0.1) is 30.9 Å². The lowest BCUT2D eigenvalue weighted by Crippen LogP contribution is -2.49. The molecular weight excluding hydrogens is 696 g/mol. The van der Waals surface area contributed by atoms with Crippen molar-refractivity contribution in [3.8, 4) is 16.9 Å². The van der Waals surface area contributed by atoms with Crippen LogP contribution in [0.3, 0.4) is 0 Å². The number of fused-ring (bicyclic) bond motifs is 4. The Morgan fingerprint density at radius 2 is 1.58 bits per heavy atom. The molecule has 0 spiro atoms. The summed E-state index contributed by atoms with van der Waals surface area (Å²) in [6.45, 7) is 3.41. The summed E-state index contributed by atoms with van der Waals surface area (Å²) in [4.78, 5) is 41.5. The molecule has 0 saturated carbocycles. The lowest BCUT2D eigenvalue weighted by molar-refractivity contribution is -0.131. The molecule has 2 aliphatic heterocycles. The number of rotatable bonds is 8. The minimum absolute atomic E-state index is 0.0371. The fourth-order valence-electron chi connectivity index (χ4n) is 7.99. The number of hydrogen-bond acceptors (Lipinski definition) is 7. The SMILES string of the molecule is COc1ccccc1-c1cc(C2=CCCN(C(=O)CCn3ccnn3)C2)c(F)c2[nH]c(C(=O)N3CCN(c4nc5ccccc5c5ccccc45)CC3)cc12. The third kappa shape index (κ3) is 6.33. The molecule has 55 heavy (non-hydrogen) atoms. The van der Waals surface area contributed by atoms with Crippen LogP contribution in [0.1, 0.15) is 28.9 Å². The van der Waals surface area contributed by atoms with Crippen LogP contribution in [0.15, 0.2) is 103 Å². The number of carbonyl (C=O) groups is 2. The molecule has 2 amide bonds. The second-order valence-electron chi connectivity index (χ2n) is 14.0. The predicted molar refractivity (Wildman–Crippen MR) is 211 cm³/mol. The van der Waals surface area contributed by atoms with Gasteiger partial charge in [-0.15, -0.1) is 5.10 Å². The van der Waals surface area contributed by atoms with Crippen molar-refractivity contribution in [2.24, 2.45) is 0 Å². The Kier molecular flexibility index (Phi) is 8.93. The molecule has 2 aliphatic rings. The zero-order valence-corrected chi connectivity index (χ0v) is 30.4. The van der Waals surface area contributed by atoms with E-state index in [2.05, 4.69) is 38.4 Å². The zero-order valence-electron chi connectivity index (χ0n) is 30.4. The van der Waals surface area contributed by atoms with Gasteiger partial charge in [-0.1, -0.05) is 72.0 Å². The maximum atomic E-state index is 16.8. The number of hydrogen-bond donors (Lipinski definition) is 1. The van der Waals surface area contributed by atoms with Crippen LogP contribution in [0.5, 0.6) is 5.75 Å². The number of aromatic amines is 1. The van der Waals surface area contributed by atoms with Gasteiger partial charge in [0.15, 0.2) is 5.82 Å². The van der Waals surface area contributed by atoms with Crippen molar-refractivity contribution < 1.29 is 18.7 Å². The van der Waals surface area contributed by atoms with Gasteiger partial charge in [0.1, 0.15) is 17.3 Å². The number of aromatic nitrogens is 5. The number of methoxy groups -OCH3 is 1. The summed E-state index contributed by atoms with van der Waals surface area (Å²) in [6.07, 6.45) is 6.16. The van der Waals surface area contributed by atoms with Gasteiger partial charge < -0.3 is 24.4 Å². The molecular formula is C43H39FN8O3. The molecule has 12 heteroatoms. The monoisotopic (exact) mass is 734 g/mol. The molecule has 11 nitrogen and oxygen atoms in total. The highest BCUT2D eigenvalue weighted by Gasteiger charge is 2.29. The van der Waals surface area contributed by atoms with Gasteiger partial charge in [-0.2, -0.15) is 0 Å². The van der Waals surface area contributed by atoms with Gasteiger partial charge in [0.2, 0.25) is 5.91 Å². The van der Waals surface area contributed by atoms with Crippen molar-refractivity contribution in [1.29, 1.82) is 0 Å². The third-order valence-corrected chi connectivity index (χ3v) is 10.8. The van der Waals surface area contributed by atoms with E-state index in [1.54, 1.807) is 35.2 Å². The minimum Gasteiger partial charge on any atom is -0.496 e. The van der Waals surface area contributed by atoms with E-state index in [0.29, 0.717) is 73.7 Å². The summed E-state index contributed by atoms with van der Waals surface area (Å²) in [5.41, 5.74) is 4.08. The van der Waals surface area contributed by atoms with Crippen LogP contribution in [0, 0.1) is 5.82 Å². The second-order valence-corrected chi connectivity index (χ2v) is 14.0. The van der Waals surface area contributed by atoms with Crippen LogP contribution in [0.4, 0.5) is 10.2 Å². The van der Waals surface area contributed by atoms with Crippen LogP contribution in [-0.2, 0) is 11.3 Å². The Morgan fingerprint density at radius 3 is 2.38 bits per heavy atom. The zero-order chi connectivity index (χ0) is 37.5. The highest BCUT2D eigenvalue weighted by molar-refractivity contribution is 6.10. The molecule has 3 aromatic heterocycles. The average Bonchev–Trinajstić information content (AvgIpc) is 3.94. The summed E-state index contributed by atoms with van der Waals surface area (Å²) in [5, 5.41) is 11.7. The lowest BCUT2D eigenvalue weighted by atomic mass is 9.93. The lowest BCUT2D eigenvalue weighted by Gasteiger charge is -2.36. The Hall–Kier alpha value is -6.56. The van der Waals surface area contributed by atoms with Gasteiger partial charge >= 0.3 is 0 Å². The van der Waals surface area contributed by atoms with Gasteiger partial charge in [0.25, 0.3) is 5.91 Å². The normalized spacial score (nSPS) is 14.9. The second kappa shape index (κ2) is 14.3. The van der Waals surface area contributed by atoms with Crippen molar-refractivity contribution in [3.05, 3.63) is 120 Å². The maximum absolute atomic E-state index is 16.8. The number of anilines is 1. The number of nitrogens with zero attached hydrogens (tertiary/aromatic N) is 7. The molecule has 1 fully saturated rings. The molecule has 0 atom stereocenters. The van der Waals surface area contributed by atoms with Gasteiger partial charge in [0, 0.05) is 79.2 Å². The van der Waals surface area contributed by atoms with Crippen LogP contribution in [0.2, 0.25) is 0 Å². The van der Waals surface area contributed by atoms with Crippen LogP contribution in [-0.4, -0.2) is 93.0 Å². The Morgan fingerprint density at radius 1 is 0.818 bits per heavy atom. The molecule has 276 valence electrons. The first kappa shape index (κ1) is 34.2. The molecule has 9 rings (SSSR count). The standard InChI is InChI=1S/C43H39FN8O3/c1-55-38-15-7-5-12-31(38)34-25-33(28-9-8-18-51(27-28)39(53)16-19-52-20-17-45-48-52)40(44)41-35(34)26-37(46-41)43(54)50-23-21-49(22-24-50)42-32-13-3-2-10-29(32)30-11-4-6-14-36(30)47-42/h2-7,9-15,17,20,25-26,46H,8,16,18-19,21-24,27H2,1H3. The predicted octanol–water partition coefficient (Wildman–Crippen LogP) is 6.94. The number of halogens is 1. The number of aryl methyl sites for hydroxylation is 1. The van der Waals surface area contributed by atoms with Crippen LogP contribution < -0.4 is 9.64 Å². The molecule has 0 unspecified atom stereocenters. The van der Waals surface area contributed by atoms with Crippen LogP contribution in [0.25, 0.3) is 49.3 Å². The Bertz CT molecular complexity index is 2610. The van der Waals surface area contributed by atoms with E-state index in [1.165, 1.54) is 0 Å². The third-order valence-electron chi connectivity index (χ3n) is 10.8. The smallest absolute Gasteiger partial charge is 0.270 e. The summed E-state index contributed by atoms with van der Waals surface area (Å²) >= 11 is 0. The maximum Gasteiger partial charge on any atom is 0.270 e. The first-order valence-corrected chi connectivity index (χ1v) is 18.6. The van der Waals surface area contributed by atoms with E-state index in [1.807, 2.05) is 71.6 Å². The number of nitrogens with one attached hydrogen (secondary N) is 1. The van der Waals surface area contributed by atoms with E-state index in [9.17, 15) is 9.59 Å². The van der Waals surface area contributed by atoms with Gasteiger partial charge in [-0.05, 0) is 47.2 Å². The molecule has 7 aromatic rings. The fourth-order valence-corrected chi connectivity index (χ4v) is 7.99. The van der Waals surface area contributed by atoms with Crippen molar-refractivity contribution in [1.82, 2.24) is 34.8 Å². The Balaban J connectivity index is 1.01. The largest absolute Gasteiger partial charge is 0.496 e. The van der Waals surface area contributed by atoms with E-state index >= 15 is 4.39 Å². The highest BCUT2D eigenvalue weighted by Crippen LogP contribution is 2.40. The van der Waals surface area contributed by atoms with E-state index in [0.717, 1.165) is 38.6 Å². The molecule has 0 radical (unpaired) electrons. The molecule has 0 bridgehead atoms. The number of amides is 2. The molecule has 4 aromatic carbocycles. The average molecular weight is 735 g/mol. The first-order chi connectivity index (χ1) is 27.0. The summed E-state index contributed by atoms with van der Waals surface area (Å²) in [5.74, 6) is 0.847. The minimum atomic E-state index is -0.463. The van der Waals surface area contributed by atoms with Crippen molar-refractivity contribution in [2.75, 3.05) is 51.3 Å². The van der Waals surface area contributed by atoms with E-state index in [4.69, 9.17) is 9.72 Å². The van der Waals surface area contributed by atoms with Crippen molar-refractivity contribution in [2.45, 2.75) is 19.4 Å². The molecule has 1 N–H and O–H groups in total. The number of pyridine rings is 1. The Labute approximate surface area is 316 Å². The fraction of sp³-hybridized carbons (Fsp3) is 0.233. The highest BCUT2D eigenvalue weighted by atomic mass is 19.1. The summed E-state index contributed by atoms with van der Waals surface area (Å²) in [6, 6.07) is 27.7. The quantitative estimate of drug-likeness (QED) is 0.168. The molecule has 5 heterocycles. The number of H-pyrrole nitrogens is 1. The van der Waals surface area contributed by atoms with Crippen molar-refractivity contribution >= 4 is 55.8 Å². The summed E-state index contributed by atoms with van der Waals surface area (Å²) in [7, 11) is 1.61. The molecule has 1 saturated heterocycles. The summed E-state index contributed by atoms with van der Waals surface area (Å²) < 4.78 is 24.2. The number of carbonyl (C=O) groups excluding carboxylic acids is 2. The first-order valence-electron chi connectivity index (χ1n) is 18.6. The van der Waals surface area contributed by atoms with Crippen molar-refractivity contribution in [3.63, 3.8) is 0 Å². The number of benzene rings is 4. The topological polar surface area (TPSA) is 112 Å². The van der Waals surface area contributed by atoms with Gasteiger partial charge in [-0.3, -0.25) is 14.3 Å². The number of para-hydroxylation sites is 2. The van der Waals surface area contributed by atoms with Gasteiger partial charge in [-0.25, -0.2) is 9.37 Å². The molecule has 0 aliphatic carbocycles. The van der Waals surface area contributed by atoms with E-state index < -0.39 is 5.82 Å².